The molecule has 0 fully saturated rings. The van der Waals surface area contributed by atoms with Crippen LogP contribution in [0.1, 0.15) is 31.0 Å². The van der Waals surface area contributed by atoms with Gasteiger partial charge >= 0.3 is 0 Å². The molecule has 122 valence electrons. The maximum absolute atomic E-state index is 12.4. The van der Waals surface area contributed by atoms with Gasteiger partial charge in [0.05, 0.1) is 12.6 Å². The Hall–Kier alpha value is -3.06. The number of rotatable bonds is 6. The van der Waals surface area contributed by atoms with Crippen LogP contribution in [0.4, 0.5) is 0 Å². The van der Waals surface area contributed by atoms with E-state index in [-0.39, 0.29) is 11.6 Å². The van der Waals surface area contributed by atoms with Crippen molar-refractivity contribution in [1.29, 1.82) is 5.26 Å². The van der Waals surface area contributed by atoms with Gasteiger partial charge in [0, 0.05) is 5.56 Å². The van der Waals surface area contributed by atoms with Gasteiger partial charge in [-0.1, -0.05) is 48.5 Å². The van der Waals surface area contributed by atoms with E-state index in [1.165, 1.54) is 0 Å². The molecule has 0 bridgehead atoms. The minimum atomic E-state index is -0.403. The Morgan fingerprint density at radius 3 is 2.54 bits per heavy atom. The van der Waals surface area contributed by atoms with Gasteiger partial charge in [-0.05, 0) is 31.6 Å². The van der Waals surface area contributed by atoms with Crippen molar-refractivity contribution in [2.24, 2.45) is 0 Å². The van der Waals surface area contributed by atoms with Crippen LogP contribution in [0.15, 0.2) is 60.2 Å². The average Bonchev–Trinajstić information content (AvgIpc) is 2.61. The van der Waals surface area contributed by atoms with Crippen LogP contribution in [0.25, 0.3) is 6.08 Å². The lowest BCUT2D eigenvalue weighted by molar-refractivity contribution is -0.117. The number of carbonyl (C=O) groups is 1. The summed E-state index contributed by atoms with van der Waals surface area (Å²) in [6.07, 6.45) is 1.55. The Morgan fingerprint density at radius 2 is 1.88 bits per heavy atom. The number of benzene rings is 2. The van der Waals surface area contributed by atoms with Gasteiger partial charge in [0.1, 0.15) is 17.4 Å². The summed E-state index contributed by atoms with van der Waals surface area (Å²) in [6, 6.07) is 18.7. The predicted octanol–water partition coefficient (Wildman–Crippen LogP) is 3.87. The average molecular weight is 320 g/mol. The van der Waals surface area contributed by atoms with Gasteiger partial charge in [0.15, 0.2) is 0 Å². The number of amides is 1. The molecule has 1 N–H and O–H groups in total. The van der Waals surface area contributed by atoms with E-state index < -0.39 is 5.91 Å². The van der Waals surface area contributed by atoms with Gasteiger partial charge in [-0.3, -0.25) is 4.79 Å². The topological polar surface area (TPSA) is 62.1 Å². The fourth-order valence-electron chi connectivity index (χ4n) is 2.29. The van der Waals surface area contributed by atoms with Crippen molar-refractivity contribution in [3.05, 3.63) is 71.3 Å². The Bertz CT molecular complexity index is 761. The molecular formula is C20H20N2O2. The molecule has 2 aromatic carbocycles. The highest BCUT2D eigenvalue weighted by atomic mass is 16.5. The van der Waals surface area contributed by atoms with Crippen molar-refractivity contribution in [3.63, 3.8) is 0 Å². The van der Waals surface area contributed by atoms with Crippen LogP contribution in [0.2, 0.25) is 0 Å². The van der Waals surface area contributed by atoms with Gasteiger partial charge in [-0.2, -0.15) is 5.26 Å². The van der Waals surface area contributed by atoms with Crippen molar-refractivity contribution in [1.82, 2.24) is 5.32 Å². The fraction of sp³-hybridized carbons (Fsp3) is 0.200. The number of hydrogen-bond acceptors (Lipinski definition) is 3. The first kappa shape index (κ1) is 17.3. The zero-order valence-electron chi connectivity index (χ0n) is 13.8. The third-order valence-electron chi connectivity index (χ3n) is 3.53. The van der Waals surface area contributed by atoms with E-state index in [9.17, 15) is 10.1 Å². The first-order chi connectivity index (χ1) is 11.7. The van der Waals surface area contributed by atoms with E-state index in [0.717, 1.165) is 5.56 Å². The molecule has 0 saturated heterocycles. The highest BCUT2D eigenvalue weighted by molar-refractivity contribution is 6.02. The van der Waals surface area contributed by atoms with E-state index in [1.54, 1.807) is 6.08 Å². The molecule has 0 heterocycles. The molecule has 2 aromatic rings. The second-order valence-corrected chi connectivity index (χ2v) is 5.25. The monoisotopic (exact) mass is 320 g/mol. The zero-order valence-corrected chi connectivity index (χ0v) is 13.8. The summed E-state index contributed by atoms with van der Waals surface area (Å²) in [5.41, 5.74) is 1.74. The summed E-state index contributed by atoms with van der Waals surface area (Å²) >= 11 is 0. The Morgan fingerprint density at radius 1 is 1.21 bits per heavy atom. The van der Waals surface area contributed by atoms with E-state index in [1.807, 2.05) is 74.5 Å². The molecule has 4 nitrogen and oxygen atoms in total. The van der Waals surface area contributed by atoms with Crippen LogP contribution in [0, 0.1) is 11.3 Å². The number of ether oxygens (including phenoxy) is 1. The number of hydrogen-bond donors (Lipinski definition) is 1. The highest BCUT2D eigenvalue weighted by Gasteiger charge is 2.14. The molecule has 24 heavy (non-hydrogen) atoms. The summed E-state index contributed by atoms with van der Waals surface area (Å²) < 4.78 is 5.53. The fourth-order valence-corrected chi connectivity index (χ4v) is 2.29. The summed E-state index contributed by atoms with van der Waals surface area (Å²) in [6.45, 7) is 4.29. The van der Waals surface area contributed by atoms with Crippen LogP contribution in [-0.2, 0) is 4.79 Å². The van der Waals surface area contributed by atoms with Crippen LogP contribution in [-0.4, -0.2) is 12.5 Å². The Balaban J connectivity index is 2.19. The highest BCUT2D eigenvalue weighted by Crippen LogP contribution is 2.21. The standard InChI is InChI=1S/C20H20N2O2/c1-3-24-19-12-8-7-11-17(19)13-18(14-21)20(23)22-15(2)16-9-5-4-6-10-16/h4-13,15H,3H2,1-2H3,(H,22,23)/b18-13+/t15-/m0/s1. The summed E-state index contributed by atoms with van der Waals surface area (Å²) in [5.74, 6) is 0.247. The van der Waals surface area contributed by atoms with Crippen molar-refractivity contribution in [3.8, 4) is 11.8 Å². The van der Waals surface area contributed by atoms with Crippen molar-refractivity contribution < 1.29 is 9.53 Å². The number of nitrogens with one attached hydrogen (secondary N) is 1. The molecule has 0 aromatic heterocycles. The molecule has 0 aliphatic heterocycles. The maximum atomic E-state index is 12.4. The lowest BCUT2D eigenvalue weighted by atomic mass is 10.1. The van der Waals surface area contributed by atoms with Crippen LogP contribution >= 0.6 is 0 Å². The predicted molar refractivity (Wildman–Crippen MR) is 94.2 cm³/mol. The molecule has 0 aliphatic carbocycles. The number of para-hydroxylation sites is 1. The second kappa shape index (κ2) is 8.54. The Kier molecular flexibility index (Phi) is 6.16. The summed E-state index contributed by atoms with van der Waals surface area (Å²) in [4.78, 5) is 12.4. The van der Waals surface area contributed by atoms with E-state index in [0.29, 0.717) is 17.9 Å². The number of carbonyl (C=O) groups excluding carboxylic acids is 1. The third-order valence-corrected chi connectivity index (χ3v) is 3.53. The van der Waals surface area contributed by atoms with E-state index in [2.05, 4.69) is 5.32 Å². The first-order valence-electron chi connectivity index (χ1n) is 7.85. The molecule has 0 spiro atoms. The van der Waals surface area contributed by atoms with E-state index >= 15 is 0 Å². The molecule has 0 saturated carbocycles. The van der Waals surface area contributed by atoms with Gasteiger partial charge in [-0.25, -0.2) is 0 Å². The minimum absolute atomic E-state index is 0.0462. The molecule has 1 amide bonds. The SMILES string of the molecule is CCOc1ccccc1/C=C(\C#N)C(=O)N[C@@H](C)c1ccccc1. The lowest BCUT2D eigenvalue weighted by Crippen LogP contribution is -2.27. The van der Waals surface area contributed by atoms with Gasteiger partial charge < -0.3 is 10.1 Å². The molecule has 4 heteroatoms. The normalized spacial score (nSPS) is 12.1. The number of nitrogens with zero attached hydrogens (tertiary/aromatic N) is 1. The van der Waals surface area contributed by atoms with Crippen molar-refractivity contribution >= 4 is 12.0 Å². The summed E-state index contributed by atoms with van der Waals surface area (Å²) in [7, 11) is 0. The summed E-state index contributed by atoms with van der Waals surface area (Å²) in [5, 5.41) is 12.2. The van der Waals surface area contributed by atoms with Crippen molar-refractivity contribution in [2.45, 2.75) is 19.9 Å². The molecule has 0 aliphatic rings. The molecular weight excluding hydrogens is 300 g/mol. The lowest BCUT2D eigenvalue weighted by Gasteiger charge is -2.14. The maximum Gasteiger partial charge on any atom is 0.262 e. The van der Waals surface area contributed by atoms with Crippen LogP contribution < -0.4 is 10.1 Å². The molecule has 1 atom stereocenters. The van der Waals surface area contributed by atoms with Crippen LogP contribution in [0.5, 0.6) is 5.75 Å². The molecule has 2 rings (SSSR count). The quantitative estimate of drug-likeness (QED) is 0.649. The first-order valence-corrected chi connectivity index (χ1v) is 7.85. The Labute approximate surface area is 142 Å². The third kappa shape index (κ3) is 4.47. The van der Waals surface area contributed by atoms with Crippen LogP contribution in [0.3, 0.4) is 0 Å². The van der Waals surface area contributed by atoms with Gasteiger partial charge in [0.25, 0.3) is 5.91 Å². The largest absolute Gasteiger partial charge is 0.493 e. The van der Waals surface area contributed by atoms with Crippen molar-refractivity contribution in [2.75, 3.05) is 6.61 Å². The van der Waals surface area contributed by atoms with E-state index in [4.69, 9.17) is 4.74 Å². The molecule has 0 unspecified atom stereocenters. The zero-order chi connectivity index (χ0) is 17.4. The van der Waals surface area contributed by atoms with Gasteiger partial charge in [0.2, 0.25) is 0 Å². The number of nitriles is 1. The molecule has 0 radical (unpaired) electrons. The smallest absolute Gasteiger partial charge is 0.262 e. The van der Waals surface area contributed by atoms with Gasteiger partial charge in [-0.15, -0.1) is 0 Å². The second-order valence-electron chi connectivity index (χ2n) is 5.25. The minimum Gasteiger partial charge on any atom is -0.493 e.